The number of rotatable bonds is 5. The number of carbonyl (C=O) groups is 1. The molecule has 0 spiro atoms. The monoisotopic (exact) mass is 273 g/mol. The van der Waals surface area contributed by atoms with Crippen LogP contribution in [0.2, 0.25) is 0 Å². The molecule has 20 heavy (non-hydrogen) atoms. The van der Waals surface area contributed by atoms with Gasteiger partial charge in [0.1, 0.15) is 0 Å². The van der Waals surface area contributed by atoms with E-state index in [1.807, 2.05) is 18.2 Å². The van der Waals surface area contributed by atoms with E-state index in [2.05, 4.69) is 18.8 Å². The van der Waals surface area contributed by atoms with Crippen LogP contribution in [0.1, 0.15) is 29.9 Å². The molecule has 106 valence electrons. The highest BCUT2D eigenvalue weighted by atomic mass is 16.5. The minimum absolute atomic E-state index is 0.337. The molecular weight excluding hydrogens is 254 g/mol. The fraction of sp³-hybridized carbons (Fsp3) is 0.375. The van der Waals surface area contributed by atoms with Crippen LogP contribution in [0.15, 0.2) is 30.3 Å². The molecule has 2 aromatic rings. The number of methoxy groups -OCH3 is 1. The van der Waals surface area contributed by atoms with Crippen molar-refractivity contribution in [1.29, 1.82) is 0 Å². The topological polar surface area (TPSA) is 48.4 Å². The Labute approximate surface area is 118 Å². The number of carbonyl (C=O) groups excluding carboxylic acids is 1. The fourth-order valence-corrected chi connectivity index (χ4v) is 1.89. The Balaban J connectivity index is 2.16. The highest BCUT2D eigenvalue weighted by Gasteiger charge is 2.07. The fourth-order valence-electron chi connectivity index (χ4n) is 1.89. The van der Waals surface area contributed by atoms with Crippen molar-refractivity contribution >= 4 is 16.9 Å². The first-order chi connectivity index (χ1) is 9.60. The van der Waals surface area contributed by atoms with Gasteiger partial charge in [-0.3, -0.25) is 4.98 Å². The molecule has 0 saturated heterocycles. The third kappa shape index (κ3) is 3.54. The van der Waals surface area contributed by atoms with Crippen LogP contribution in [0.4, 0.5) is 0 Å². The maximum Gasteiger partial charge on any atom is 0.337 e. The van der Waals surface area contributed by atoms with E-state index in [0.29, 0.717) is 18.1 Å². The van der Waals surface area contributed by atoms with Gasteiger partial charge in [-0.1, -0.05) is 19.9 Å². The van der Waals surface area contributed by atoms with Crippen molar-refractivity contribution in [1.82, 2.24) is 4.98 Å². The molecule has 1 heterocycles. The molecule has 0 atom stereocenters. The minimum atomic E-state index is -0.337. The molecule has 1 aromatic carbocycles. The van der Waals surface area contributed by atoms with Crippen LogP contribution in [0.5, 0.6) is 0 Å². The molecule has 1 aromatic heterocycles. The molecule has 0 bridgehead atoms. The Kier molecular flexibility index (Phi) is 4.69. The van der Waals surface area contributed by atoms with Crippen LogP contribution in [0.3, 0.4) is 0 Å². The van der Waals surface area contributed by atoms with Gasteiger partial charge in [-0.15, -0.1) is 0 Å². The number of esters is 1. The van der Waals surface area contributed by atoms with Gasteiger partial charge in [-0.25, -0.2) is 4.79 Å². The van der Waals surface area contributed by atoms with Crippen molar-refractivity contribution in [3.8, 4) is 0 Å². The summed E-state index contributed by atoms with van der Waals surface area (Å²) in [7, 11) is 1.37. The normalized spacial score (nSPS) is 11.0. The molecule has 0 N–H and O–H groups in total. The summed E-state index contributed by atoms with van der Waals surface area (Å²) in [6.45, 7) is 5.46. The number of ether oxygens (including phenoxy) is 2. The average Bonchev–Trinajstić information content (AvgIpc) is 2.45. The molecular formula is C16H19NO3. The van der Waals surface area contributed by atoms with E-state index >= 15 is 0 Å². The summed E-state index contributed by atoms with van der Waals surface area (Å²) in [5.41, 5.74) is 2.28. The minimum Gasteiger partial charge on any atom is -0.465 e. The number of hydrogen-bond acceptors (Lipinski definition) is 4. The molecule has 2 rings (SSSR count). The van der Waals surface area contributed by atoms with Crippen LogP contribution in [0, 0.1) is 5.92 Å². The maximum absolute atomic E-state index is 11.5. The summed E-state index contributed by atoms with van der Waals surface area (Å²) in [4.78, 5) is 16.0. The smallest absolute Gasteiger partial charge is 0.337 e. The molecule has 0 radical (unpaired) electrons. The van der Waals surface area contributed by atoms with Gasteiger partial charge in [0.2, 0.25) is 0 Å². The third-order valence-corrected chi connectivity index (χ3v) is 2.87. The first-order valence-electron chi connectivity index (χ1n) is 6.66. The zero-order chi connectivity index (χ0) is 14.5. The Morgan fingerprint density at radius 3 is 2.75 bits per heavy atom. The van der Waals surface area contributed by atoms with Gasteiger partial charge in [-0.2, -0.15) is 0 Å². The van der Waals surface area contributed by atoms with Gasteiger partial charge in [0.15, 0.2) is 0 Å². The molecule has 4 nitrogen and oxygen atoms in total. The van der Waals surface area contributed by atoms with Crippen LogP contribution < -0.4 is 0 Å². The van der Waals surface area contributed by atoms with Crippen LogP contribution in [-0.2, 0) is 16.1 Å². The maximum atomic E-state index is 11.5. The van der Waals surface area contributed by atoms with E-state index in [1.165, 1.54) is 7.11 Å². The summed E-state index contributed by atoms with van der Waals surface area (Å²) in [6, 6.07) is 9.20. The molecule has 0 aliphatic carbocycles. The predicted octanol–water partition coefficient (Wildman–Crippen LogP) is 3.19. The number of pyridine rings is 1. The Morgan fingerprint density at radius 1 is 1.25 bits per heavy atom. The lowest BCUT2D eigenvalue weighted by molar-refractivity contribution is 0.0601. The van der Waals surface area contributed by atoms with Crippen molar-refractivity contribution in [2.24, 2.45) is 5.92 Å². The summed E-state index contributed by atoms with van der Waals surface area (Å²) < 4.78 is 10.3. The Hall–Kier alpha value is -1.94. The van der Waals surface area contributed by atoms with E-state index in [9.17, 15) is 4.79 Å². The standard InChI is InChI=1S/C16H19NO3/c1-11(2)9-20-10-14-6-4-12-8-13(16(18)19-3)5-7-15(12)17-14/h4-8,11H,9-10H2,1-3H3. The molecule has 0 fully saturated rings. The lowest BCUT2D eigenvalue weighted by Crippen LogP contribution is -2.03. The largest absolute Gasteiger partial charge is 0.465 e. The zero-order valence-electron chi connectivity index (χ0n) is 12.1. The molecule has 4 heteroatoms. The second-order valence-electron chi connectivity index (χ2n) is 5.11. The third-order valence-electron chi connectivity index (χ3n) is 2.87. The lowest BCUT2D eigenvalue weighted by atomic mass is 10.1. The van der Waals surface area contributed by atoms with Gasteiger partial charge in [-0.05, 0) is 30.2 Å². The average molecular weight is 273 g/mol. The molecule has 0 saturated carbocycles. The molecule has 0 amide bonds. The number of benzene rings is 1. The molecule has 0 aliphatic rings. The second kappa shape index (κ2) is 6.48. The van der Waals surface area contributed by atoms with Crippen molar-refractivity contribution in [2.45, 2.75) is 20.5 Å². The molecule has 0 aliphatic heterocycles. The van der Waals surface area contributed by atoms with Gasteiger partial charge < -0.3 is 9.47 Å². The summed E-state index contributed by atoms with van der Waals surface area (Å²) >= 11 is 0. The van der Waals surface area contributed by atoms with Crippen molar-refractivity contribution in [3.63, 3.8) is 0 Å². The van der Waals surface area contributed by atoms with E-state index in [1.54, 1.807) is 12.1 Å². The van der Waals surface area contributed by atoms with E-state index in [-0.39, 0.29) is 5.97 Å². The van der Waals surface area contributed by atoms with Crippen LogP contribution >= 0.6 is 0 Å². The van der Waals surface area contributed by atoms with Crippen LogP contribution in [0.25, 0.3) is 10.9 Å². The summed E-state index contributed by atoms with van der Waals surface area (Å²) in [6.07, 6.45) is 0. The van der Waals surface area contributed by atoms with Gasteiger partial charge in [0, 0.05) is 12.0 Å². The number of hydrogen-bond donors (Lipinski definition) is 0. The van der Waals surface area contributed by atoms with Crippen molar-refractivity contribution < 1.29 is 14.3 Å². The van der Waals surface area contributed by atoms with E-state index in [4.69, 9.17) is 9.47 Å². The first-order valence-corrected chi connectivity index (χ1v) is 6.66. The predicted molar refractivity (Wildman–Crippen MR) is 77.6 cm³/mol. The van der Waals surface area contributed by atoms with Crippen LogP contribution in [-0.4, -0.2) is 24.7 Å². The second-order valence-corrected chi connectivity index (χ2v) is 5.11. The van der Waals surface area contributed by atoms with Gasteiger partial charge in [0.25, 0.3) is 0 Å². The SMILES string of the molecule is COC(=O)c1ccc2nc(COCC(C)C)ccc2c1. The van der Waals surface area contributed by atoms with E-state index < -0.39 is 0 Å². The molecule has 0 unspecified atom stereocenters. The van der Waals surface area contributed by atoms with Crippen molar-refractivity contribution in [2.75, 3.05) is 13.7 Å². The quantitative estimate of drug-likeness (QED) is 0.785. The Morgan fingerprint density at radius 2 is 2.05 bits per heavy atom. The van der Waals surface area contributed by atoms with Crippen molar-refractivity contribution in [3.05, 3.63) is 41.6 Å². The van der Waals surface area contributed by atoms with Gasteiger partial charge >= 0.3 is 5.97 Å². The van der Waals surface area contributed by atoms with E-state index in [0.717, 1.165) is 23.2 Å². The number of nitrogens with zero attached hydrogens (tertiary/aromatic N) is 1. The zero-order valence-corrected chi connectivity index (χ0v) is 12.1. The number of aromatic nitrogens is 1. The first kappa shape index (κ1) is 14.5. The number of fused-ring (bicyclic) bond motifs is 1. The Bertz CT molecular complexity index is 608. The summed E-state index contributed by atoms with van der Waals surface area (Å²) in [5, 5.41) is 0.917. The highest BCUT2D eigenvalue weighted by molar-refractivity contribution is 5.94. The summed E-state index contributed by atoms with van der Waals surface area (Å²) in [5.74, 6) is 0.175. The lowest BCUT2D eigenvalue weighted by Gasteiger charge is -2.07. The van der Waals surface area contributed by atoms with Gasteiger partial charge in [0.05, 0.1) is 30.5 Å². The highest BCUT2D eigenvalue weighted by Crippen LogP contribution is 2.16.